The second-order valence-corrected chi connectivity index (χ2v) is 4.93. The molecular weight excluding hydrogens is 226 g/mol. The molecule has 0 spiro atoms. The molecular formula is C15H23NO2. The smallest absolute Gasteiger partial charge is 0.0807 e. The van der Waals surface area contributed by atoms with Crippen molar-refractivity contribution >= 4 is 5.69 Å². The Hall–Kier alpha value is -1.06. The van der Waals surface area contributed by atoms with Crippen LogP contribution in [0.5, 0.6) is 0 Å². The second-order valence-electron chi connectivity index (χ2n) is 4.93. The Balaban J connectivity index is 2.21. The third-order valence-corrected chi connectivity index (χ3v) is 3.73. The van der Waals surface area contributed by atoms with Crippen molar-refractivity contribution in [2.45, 2.75) is 38.4 Å². The molecule has 0 amide bonds. The Morgan fingerprint density at radius 2 is 2.22 bits per heavy atom. The van der Waals surface area contributed by atoms with Crippen LogP contribution in [-0.2, 0) is 4.74 Å². The van der Waals surface area contributed by atoms with Crippen LogP contribution in [0.15, 0.2) is 24.3 Å². The highest BCUT2D eigenvalue weighted by atomic mass is 16.5. The summed E-state index contributed by atoms with van der Waals surface area (Å²) >= 11 is 0. The number of methoxy groups -OCH3 is 1. The molecule has 18 heavy (non-hydrogen) atoms. The van der Waals surface area contributed by atoms with Crippen molar-refractivity contribution in [2.75, 3.05) is 25.1 Å². The predicted octanol–water partition coefficient (Wildman–Crippen LogP) is 2.75. The lowest BCUT2D eigenvalue weighted by Gasteiger charge is -2.35. The van der Waals surface area contributed by atoms with Crippen LogP contribution in [0, 0.1) is 0 Å². The molecule has 1 aliphatic heterocycles. The highest BCUT2D eigenvalue weighted by Gasteiger charge is 2.22. The molecule has 0 aliphatic carbocycles. The van der Waals surface area contributed by atoms with E-state index in [-0.39, 0.29) is 6.10 Å². The van der Waals surface area contributed by atoms with Crippen LogP contribution in [0.2, 0.25) is 0 Å². The molecule has 1 aromatic carbocycles. The summed E-state index contributed by atoms with van der Waals surface area (Å²) in [5.41, 5.74) is 2.20. The Kier molecular flexibility index (Phi) is 4.61. The highest BCUT2D eigenvalue weighted by Crippen LogP contribution is 2.30. The fourth-order valence-electron chi connectivity index (χ4n) is 2.63. The molecule has 0 aromatic heterocycles. The lowest BCUT2D eigenvalue weighted by Crippen LogP contribution is -2.39. The van der Waals surface area contributed by atoms with Crippen molar-refractivity contribution < 1.29 is 9.84 Å². The summed E-state index contributed by atoms with van der Waals surface area (Å²) in [6, 6.07) is 8.17. The van der Waals surface area contributed by atoms with Crippen molar-refractivity contribution in [3.05, 3.63) is 29.8 Å². The van der Waals surface area contributed by atoms with Crippen molar-refractivity contribution in [3.8, 4) is 0 Å². The van der Waals surface area contributed by atoms with E-state index in [1.165, 1.54) is 0 Å². The van der Waals surface area contributed by atoms with Crippen LogP contribution in [0.3, 0.4) is 0 Å². The van der Waals surface area contributed by atoms with Gasteiger partial charge in [0.2, 0.25) is 0 Å². The van der Waals surface area contributed by atoms with E-state index in [4.69, 9.17) is 4.74 Å². The Morgan fingerprint density at radius 1 is 1.44 bits per heavy atom. The van der Waals surface area contributed by atoms with Gasteiger partial charge in [-0.25, -0.2) is 0 Å². The molecule has 1 N–H and O–H groups in total. The Bertz CT molecular complexity index is 381. The van der Waals surface area contributed by atoms with E-state index in [9.17, 15) is 5.11 Å². The minimum absolute atomic E-state index is 0.311. The molecule has 0 radical (unpaired) electrons. The number of benzene rings is 1. The predicted molar refractivity (Wildman–Crippen MR) is 73.9 cm³/mol. The standard InChI is InChI=1S/C15H23NO2/c1-3-15(17)13-8-4-5-9-14(13)16-10-6-7-12(11-16)18-2/h4-5,8-9,12,15,17H,3,6-7,10-11H2,1-2H3/t12?,15-/m0/s1. The van der Waals surface area contributed by atoms with E-state index in [0.29, 0.717) is 6.10 Å². The fourth-order valence-corrected chi connectivity index (χ4v) is 2.63. The number of anilines is 1. The molecule has 1 aromatic rings. The van der Waals surface area contributed by atoms with E-state index in [0.717, 1.165) is 43.6 Å². The van der Waals surface area contributed by atoms with Crippen LogP contribution >= 0.6 is 0 Å². The maximum atomic E-state index is 10.1. The van der Waals surface area contributed by atoms with E-state index in [1.54, 1.807) is 7.11 Å². The number of hydrogen-bond donors (Lipinski definition) is 1. The molecule has 1 unspecified atom stereocenters. The van der Waals surface area contributed by atoms with Gasteiger partial charge >= 0.3 is 0 Å². The number of aliphatic hydroxyl groups is 1. The third-order valence-electron chi connectivity index (χ3n) is 3.73. The van der Waals surface area contributed by atoms with Crippen molar-refractivity contribution in [1.29, 1.82) is 0 Å². The summed E-state index contributed by atoms with van der Waals surface area (Å²) in [6.07, 6.45) is 2.97. The maximum Gasteiger partial charge on any atom is 0.0807 e. The minimum atomic E-state index is -0.371. The van der Waals surface area contributed by atoms with Crippen molar-refractivity contribution in [2.24, 2.45) is 0 Å². The first-order valence-corrected chi connectivity index (χ1v) is 6.81. The molecule has 1 saturated heterocycles. The number of aliphatic hydroxyl groups excluding tert-OH is 1. The van der Waals surface area contributed by atoms with Crippen LogP contribution < -0.4 is 4.90 Å². The summed E-state index contributed by atoms with van der Waals surface area (Å²) in [6.45, 7) is 3.98. The average Bonchev–Trinajstić information content (AvgIpc) is 2.46. The van der Waals surface area contributed by atoms with Gasteiger partial charge in [-0.3, -0.25) is 0 Å². The van der Waals surface area contributed by atoms with Crippen molar-refractivity contribution in [1.82, 2.24) is 0 Å². The number of ether oxygens (including phenoxy) is 1. The van der Waals surface area contributed by atoms with Gasteiger partial charge in [-0.05, 0) is 25.3 Å². The summed E-state index contributed by atoms with van der Waals surface area (Å²) < 4.78 is 5.47. The maximum absolute atomic E-state index is 10.1. The molecule has 3 heteroatoms. The molecule has 3 nitrogen and oxygen atoms in total. The average molecular weight is 249 g/mol. The number of hydrogen-bond acceptors (Lipinski definition) is 3. The van der Waals surface area contributed by atoms with Crippen LogP contribution in [-0.4, -0.2) is 31.4 Å². The highest BCUT2D eigenvalue weighted by molar-refractivity contribution is 5.55. The van der Waals surface area contributed by atoms with Gasteiger partial charge in [0.25, 0.3) is 0 Å². The zero-order valence-electron chi connectivity index (χ0n) is 11.3. The Morgan fingerprint density at radius 3 is 2.94 bits per heavy atom. The van der Waals surface area contributed by atoms with Crippen LogP contribution in [0.1, 0.15) is 37.9 Å². The molecule has 0 bridgehead atoms. The number of nitrogens with zero attached hydrogens (tertiary/aromatic N) is 1. The summed E-state index contributed by atoms with van der Waals surface area (Å²) in [5.74, 6) is 0. The van der Waals surface area contributed by atoms with Gasteiger partial charge in [0.05, 0.1) is 12.2 Å². The van der Waals surface area contributed by atoms with E-state index in [2.05, 4.69) is 11.0 Å². The van der Waals surface area contributed by atoms with Gasteiger partial charge < -0.3 is 14.7 Å². The molecule has 1 aliphatic rings. The minimum Gasteiger partial charge on any atom is -0.388 e. The van der Waals surface area contributed by atoms with Crippen LogP contribution in [0.25, 0.3) is 0 Å². The van der Waals surface area contributed by atoms with Gasteiger partial charge in [-0.2, -0.15) is 0 Å². The van der Waals surface area contributed by atoms with E-state index < -0.39 is 0 Å². The van der Waals surface area contributed by atoms with Crippen molar-refractivity contribution in [3.63, 3.8) is 0 Å². The normalized spacial score (nSPS) is 21.9. The number of rotatable bonds is 4. The summed E-state index contributed by atoms with van der Waals surface area (Å²) in [7, 11) is 1.78. The molecule has 1 heterocycles. The first-order valence-electron chi connectivity index (χ1n) is 6.81. The molecule has 1 fully saturated rings. The number of para-hydroxylation sites is 1. The molecule has 100 valence electrons. The summed E-state index contributed by atoms with van der Waals surface area (Å²) in [4.78, 5) is 2.34. The van der Waals surface area contributed by atoms with E-state index in [1.807, 2.05) is 25.1 Å². The van der Waals surface area contributed by atoms with Gasteiger partial charge in [0.15, 0.2) is 0 Å². The number of piperidine rings is 1. The van der Waals surface area contributed by atoms with Gasteiger partial charge in [0, 0.05) is 31.5 Å². The topological polar surface area (TPSA) is 32.7 Å². The Labute approximate surface area is 109 Å². The van der Waals surface area contributed by atoms with Crippen LogP contribution in [0.4, 0.5) is 5.69 Å². The lowest BCUT2D eigenvalue weighted by molar-refractivity contribution is 0.0890. The quantitative estimate of drug-likeness (QED) is 0.890. The van der Waals surface area contributed by atoms with Gasteiger partial charge in [-0.1, -0.05) is 25.1 Å². The first kappa shape index (κ1) is 13.4. The van der Waals surface area contributed by atoms with E-state index >= 15 is 0 Å². The first-order chi connectivity index (χ1) is 8.76. The summed E-state index contributed by atoms with van der Waals surface area (Å²) in [5, 5.41) is 10.1. The second kappa shape index (κ2) is 6.21. The molecule has 0 saturated carbocycles. The monoisotopic (exact) mass is 249 g/mol. The largest absolute Gasteiger partial charge is 0.388 e. The molecule has 2 rings (SSSR count). The van der Waals surface area contributed by atoms with Gasteiger partial charge in [0.1, 0.15) is 0 Å². The zero-order chi connectivity index (χ0) is 13.0. The SMILES string of the molecule is CC[C@H](O)c1ccccc1N1CCCC(OC)C1. The zero-order valence-corrected chi connectivity index (χ0v) is 11.3. The molecule has 2 atom stereocenters. The lowest BCUT2D eigenvalue weighted by atomic mass is 10.0. The fraction of sp³-hybridized carbons (Fsp3) is 0.600. The van der Waals surface area contributed by atoms with Gasteiger partial charge in [-0.15, -0.1) is 0 Å². The third kappa shape index (κ3) is 2.85.